The first kappa shape index (κ1) is 39.3. The highest BCUT2D eigenvalue weighted by Crippen LogP contribution is 2.44. The molecule has 8 aromatic rings. The molecule has 0 aliphatic heterocycles. The minimum absolute atomic E-state index is 0.138. The van der Waals surface area contributed by atoms with Gasteiger partial charge in [-0.05, 0) is 109 Å². The predicted octanol–water partition coefficient (Wildman–Crippen LogP) is 14.9. The van der Waals surface area contributed by atoms with Crippen molar-refractivity contribution in [1.82, 2.24) is 9.97 Å². The molecule has 0 fully saturated rings. The molecule has 292 valence electrons. The van der Waals surface area contributed by atoms with Crippen LogP contribution in [0, 0.1) is 0 Å². The van der Waals surface area contributed by atoms with E-state index in [9.17, 15) is 5.11 Å². The summed E-state index contributed by atoms with van der Waals surface area (Å²) in [7, 11) is 0. The fourth-order valence-corrected chi connectivity index (χ4v) is 7.84. The van der Waals surface area contributed by atoms with E-state index in [0.29, 0.717) is 0 Å². The van der Waals surface area contributed by atoms with Crippen molar-refractivity contribution in [3.63, 3.8) is 0 Å². The van der Waals surface area contributed by atoms with Gasteiger partial charge in [0.25, 0.3) is 0 Å². The fraction of sp³-hybridized carbons (Fsp3) is 0.179. The number of aromatic hydroxyl groups is 1. The first-order valence-electron chi connectivity index (χ1n) is 20.6. The van der Waals surface area contributed by atoms with Crippen molar-refractivity contribution in [3.05, 3.63) is 198 Å². The number of pyridine rings is 2. The van der Waals surface area contributed by atoms with Crippen molar-refractivity contribution in [2.24, 2.45) is 0 Å². The lowest BCUT2D eigenvalue weighted by Crippen LogP contribution is -2.17. The number of rotatable bonds is 8. The number of phenols is 1. The largest absolute Gasteiger partial charge is 0.507 e. The van der Waals surface area contributed by atoms with E-state index < -0.39 is 0 Å². The third-order valence-corrected chi connectivity index (χ3v) is 11.4. The van der Waals surface area contributed by atoms with Gasteiger partial charge in [-0.1, -0.05) is 170 Å². The van der Waals surface area contributed by atoms with Gasteiger partial charge in [-0.25, -0.2) is 4.98 Å². The summed E-state index contributed by atoms with van der Waals surface area (Å²) in [5.41, 5.74) is 15.9. The van der Waals surface area contributed by atoms with Crippen LogP contribution in [0.1, 0.15) is 76.6 Å². The van der Waals surface area contributed by atoms with Crippen LogP contribution in [0.2, 0.25) is 0 Å². The number of nitrogens with zero attached hydrogens (tertiary/aromatic N) is 2. The van der Waals surface area contributed by atoms with Crippen LogP contribution < -0.4 is 0 Å². The van der Waals surface area contributed by atoms with Crippen molar-refractivity contribution in [3.8, 4) is 72.9 Å². The molecule has 0 spiro atoms. The van der Waals surface area contributed by atoms with Gasteiger partial charge in [-0.15, -0.1) is 0 Å². The molecule has 0 radical (unpaired) electrons. The minimum atomic E-state index is -0.279. The van der Waals surface area contributed by atoms with Gasteiger partial charge >= 0.3 is 0 Å². The second-order valence-electron chi connectivity index (χ2n) is 17.8. The van der Waals surface area contributed by atoms with Gasteiger partial charge in [0.15, 0.2) is 0 Å². The van der Waals surface area contributed by atoms with E-state index in [2.05, 4.69) is 206 Å². The van der Waals surface area contributed by atoms with Crippen LogP contribution in [0.5, 0.6) is 5.75 Å². The molecular weight excluding hydrogens is 717 g/mol. The summed E-state index contributed by atoms with van der Waals surface area (Å²) in [6.45, 7) is 15.4. The lowest BCUT2D eigenvalue weighted by molar-refractivity contribution is 0.446. The second kappa shape index (κ2) is 16.0. The zero-order chi connectivity index (χ0) is 41.3. The van der Waals surface area contributed by atoms with Crippen molar-refractivity contribution < 1.29 is 5.11 Å². The quantitative estimate of drug-likeness (QED) is 0.167. The molecule has 3 nitrogen and oxygen atoms in total. The first-order chi connectivity index (χ1) is 28.3. The SMILES string of the molecule is CC(c1ccccc1)c1ccc(-c2cc(-c3cc(-c4ccccc4)ccn3)cc(-c3cc(-c4ccccc4)cc(-c4cc(C(C)(C)C)cc(C(C)(C)C)c4O)n3)c2)cc1. The molecule has 59 heavy (non-hydrogen) atoms. The first-order valence-corrected chi connectivity index (χ1v) is 20.6. The highest BCUT2D eigenvalue weighted by molar-refractivity contribution is 5.84. The molecular formula is C56H52N2O. The predicted molar refractivity (Wildman–Crippen MR) is 248 cm³/mol. The molecule has 0 aliphatic rings. The monoisotopic (exact) mass is 768 g/mol. The average Bonchev–Trinajstić information content (AvgIpc) is 3.26. The Hall–Kier alpha value is -6.58. The van der Waals surface area contributed by atoms with Crippen molar-refractivity contribution in [2.75, 3.05) is 0 Å². The summed E-state index contributed by atoms with van der Waals surface area (Å²) in [5.74, 6) is 0.544. The highest BCUT2D eigenvalue weighted by Gasteiger charge is 2.26. The topological polar surface area (TPSA) is 46.0 Å². The standard InChI is InChI=1S/C56H52N2O/c1-37(38-17-11-8-12-18-38)39-23-25-42(26-24-39)44-29-46(51-32-43(27-28-57-51)40-19-13-9-14-20-40)31-47(30-44)52-33-45(41-21-15-10-16-22-41)34-53(58-52)49-35-48(55(2,3)4)36-50(54(49)59)56(5,6)7/h8-37,59H,1-7H3. The zero-order valence-corrected chi connectivity index (χ0v) is 35.2. The van der Waals surface area contributed by atoms with Crippen LogP contribution in [0.4, 0.5) is 0 Å². The van der Waals surface area contributed by atoms with Gasteiger partial charge in [-0.3, -0.25) is 4.98 Å². The second-order valence-corrected chi connectivity index (χ2v) is 17.8. The van der Waals surface area contributed by atoms with Crippen LogP contribution in [0.3, 0.4) is 0 Å². The minimum Gasteiger partial charge on any atom is -0.507 e. The normalized spacial score (nSPS) is 12.3. The molecule has 1 N–H and O–H groups in total. The van der Waals surface area contributed by atoms with Gasteiger partial charge in [0, 0.05) is 34.4 Å². The lowest BCUT2D eigenvalue weighted by Gasteiger charge is -2.27. The molecule has 0 amide bonds. The smallest absolute Gasteiger partial charge is 0.128 e. The summed E-state index contributed by atoms with van der Waals surface area (Å²) in [5, 5.41) is 12.1. The van der Waals surface area contributed by atoms with Crippen molar-refractivity contribution in [2.45, 2.75) is 65.2 Å². The van der Waals surface area contributed by atoms with Crippen LogP contribution in [-0.2, 0) is 10.8 Å². The van der Waals surface area contributed by atoms with Crippen molar-refractivity contribution >= 4 is 0 Å². The average molecular weight is 769 g/mol. The van der Waals surface area contributed by atoms with Gasteiger partial charge in [0.1, 0.15) is 5.75 Å². The number of aromatic nitrogens is 2. The molecule has 2 aromatic heterocycles. The lowest BCUT2D eigenvalue weighted by atomic mass is 9.78. The Bertz CT molecular complexity index is 2720. The van der Waals surface area contributed by atoms with Crippen LogP contribution in [0.15, 0.2) is 176 Å². The van der Waals surface area contributed by atoms with E-state index in [1.807, 2.05) is 18.3 Å². The third-order valence-electron chi connectivity index (χ3n) is 11.4. The highest BCUT2D eigenvalue weighted by atomic mass is 16.3. The maximum absolute atomic E-state index is 12.1. The Labute approximate surface area is 350 Å². The fourth-order valence-electron chi connectivity index (χ4n) is 7.84. The molecule has 0 aliphatic carbocycles. The Morgan fingerprint density at radius 3 is 1.53 bits per heavy atom. The van der Waals surface area contributed by atoms with E-state index in [4.69, 9.17) is 9.97 Å². The molecule has 0 bridgehead atoms. The van der Waals surface area contributed by atoms with Crippen LogP contribution >= 0.6 is 0 Å². The van der Waals surface area contributed by atoms with Crippen LogP contribution in [0.25, 0.3) is 67.2 Å². The molecule has 3 heteroatoms. The van der Waals surface area contributed by atoms with Gasteiger partial charge in [0.05, 0.1) is 17.1 Å². The number of hydrogen-bond donors (Lipinski definition) is 1. The molecule has 1 unspecified atom stereocenters. The maximum Gasteiger partial charge on any atom is 0.128 e. The Morgan fingerprint density at radius 2 is 0.915 bits per heavy atom. The van der Waals surface area contributed by atoms with Crippen LogP contribution in [-0.4, -0.2) is 15.1 Å². The van der Waals surface area contributed by atoms with E-state index in [-0.39, 0.29) is 22.5 Å². The molecule has 0 saturated carbocycles. The van der Waals surface area contributed by atoms with E-state index in [1.165, 1.54) is 11.1 Å². The van der Waals surface area contributed by atoms with Gasteiger partial charge < -0.3 is 5.11 Å². The molecule has 0 saturated heterocycles. The number of phenolic OH excluding ortho intramolecular Hbond substituents is 1. The Kier molecular flexibility index (Phi) is 10.6. The molecule has 8 rings (SSSR count). The summed E-state index contributed by atoms with van der Waals surface area (Å²) in [6.07, 6.45) is 1.90. The maximum atomic E-state index is 12.1. The van der Waals surface area contributed by atoms with Gasteiger partial charge in [0.2, 0.25) is 0 Å². The summed E-state index contributed by atoms with van der Waals surface area (Å²) < 4.78 is 0. The summed E-state index contributed by atoms with van der Waals surface area (Å²) in [4.78, 5) is 10.4. The number of benzene rings is 6. The van der Waals surface area contributed by atoms with E-state index >= 15 is 0 Å². The van der Waals surface area contributed by atoms with Crippen molar-refractivity contribution in [1.29, 1.82) is 0 Å². The zero-order valence-electron chi connectivity index (χ0n) is 35.2. The molecule has 1 atom stereocenters. The Balaban J connectivity index is 1.34. The molecule has 2 heterocycles. The third kappa shape index (κ3) is 8.52. The summed E-state index contributed by atoms with van der Waals surface area (Å²) >= 11 is 0. The van der Waals surface area contributed by atoms with Gasteiger partial charge in [-0.2, -0.15) is 0 Å². The van der Waals surface area contributed by atoms with E-state index in [1.54, 1.807) is 0 Å². The Morgan fingerprint density at radius 1 is 0.424 bits per heavy atom. The molecule has 6 aromatic carbocycles. The summed E-state index contributed by atoms with van der Waals surface area (Å²) in [6, 6.07) is 60.0. The number of hydrogen-bond acceptors (Lipinski definition) is 3. The van der Waals surface area contributed by atoms with E-state index in [0.717, 1.165) is 78.3 Å².